The SMILES string of the molecule is COc1cccc(C(COc2ccc(/C=C3\SC(=O)CC3=O)cc2)=NO)c1. The monoisotopic (exact) mass is 383 g/mol. The molecule has 1 fully saturated rings. The fourth-order valence-corrected chi connectivity index (χ4v) is 3.31. The van der Waals surface area contributed by atoms with Crippen molar-refractivity contribution in [3.8, 4) is 11.5 Å². The number of thioether (sulfide) groups is 1. The first-order chi connectivity index (χ1) is 13.1. The van der Waals surface area contributed by atoms with Crippen molar-refractivity contribution in [3.63, 3.8) is 0 Å². The van der Waals surface area contributed by atoms with Crippen LogP contribution in [0.4, 0.5) is 0 Å². The van der Waals surface area contributed by atoms with E-state index >= 15 is 0 Å². The molecule has 0 aromatic heterocycles. The number of allylic oxidation sites excluding steroid dienone is 1. The number of nitrogens with zero attached hydrogens (tertiary/aromatic N) is 1. The van der Waals surface area contributed by atoms with Crippen molar-refractivity contribution in [3.05, 3.63) is 64.6 Å². The maximum atomic E-state index is 11.7. The van der Waals surface area contributed by atoms with Crippen LogP contribution >= 0.6 is 11.8 Å². The Morgan fingerprint density at radius 2 is 1.96 bits per heavy atom. The van der Waals surface area contributed by atoms with Crippen molar-refractivity contribution < 1.29 is 24.3 Å². The van der Waals surface area contributed by atoms with Crippen LogP contribution in [0.1, 0.15) is 17.5 Å². The van der Waals surface area contributed by atoms with Gasteiger partial charge in [-0.3, -0.25) is 9.59 Å². The van der Waals surface area contributed by atoms with E-state index in [9.17, 15) is 14.8 Å². The molecule has 2 aromatic carbocycles. The predicted molar refractivity (Wildman–Crippen MR) is 103 cm³/mol. The van der Waals surface area contributed by atoms with E-state index in [1.807, 2.05) is 0 Å². The molecule has 1 saturated heterocycles. The zero-order valence-corrected chi connectivity index (χ0v) is 15.4. The number of carbonyl (C=O) groups excluding carboxylic acids is 2. The van der Waals surface area contributed by atoms with Gasteiger partial charge in [0, 0.05) is 5.56 Å². The van der Waals surface area contributed by atoms with Gasteiger partial charge in [0.1, 0.15) is 23.8 Å². The Kier molecular flexibility index (Phi) is 5.93. The molecule has 3 rings (SSSR count). The van der Waals surface area contributed by atoms with Crippen molar-refractivity contribution in [1.29, 1.82) is 0 Å². The van der Waals surface area contributed by atoms with E-state index in [2.05, 4.69) is 5.16 Å². The molecule has 0 spiro atoms. The molecule has 6 nitrogen and oxygen atoms in total. The van der Waals surface area contributed by atoms with Crippen molar-refractivity contribution in [2.75, 3.05) is 13.7 Å². The number of oxime groups is 1. The average molecular weight is 383 g/mol. The van der Waals surface area contributed by atoms with Crippen molar-refractivity contribution in [2.24, 2.45) is 5.16 Å². The highest BCUT2D eigenvalue weighted by atomic mass is 32.2. The molecular weight excluding hydrogens is 366 g/mol. The lowest BCUT2D eigenvalue weighted by Gasteiger charge is -2.09. The van der Waals surface area contributed by atoms with Gasteiger partial charge in [-0.1, -0.05) is 29.4 Å². The summed E-state index contributed by atoms with van der Waals surface area (Å²) in [6.45, 7) is 0.0763. The summed E-state index contributed by atoms with van der Waals surface area (Å²) in [5, 5.41) is 12.4. The molecule has 7 heteroatoms. The number of rotatable bonds is 6. The highest BCUT2D eigenvalue weighted by Crippen LogP contribution is 2.30. The third kappa shape index (κ3) is 4.77. The molecule has 0 aliphatic carbocycles. The van der Waals surface area contributed by atoms with Gasteiger partial charge in [-0.05, 0) is 47.7 Å². The van der Waals surface area contributed by atoms with Crippen molar-refractivity contribution in [2.45, 2.75) is 6.42 Å². The molecule has 0 saturated carbocycles. The third-order valence-electron chi connectivity index (χ3n) is 3.88. The number of benzene rings is 2. The molecule has 0 atom stereocenters. The first kappa shape index (κ1) is 18.7. The molecule has 27 heavy (non-hydrogen) atoms. The first-order valence-corrected chi connectivity index (χ1v) is 8.94. The maximum absolute atomic E-state index is 11.7. The summed E-state index contributed by atoms with van der Waals surface area (Å²) >= 11 is 0.978. The number of hydrogen-bond donors (Lipinski definition) is 1. The van der Waals surface area contributed by atoms with Crippen molar-refractivity contribution >= 4 is 34.4 Å². The standard InChI is InChI=1S/C20H17NO5S/c1-25-16-4-2-3-14(10-16)17(21-24)12-26-15-7-5-13(6-8-15)9-19-18(22)11-20(23)27-19/h2-10,24H,11-12H2,1H3/b19-9-,21-17?. The van der Waals surface area contributed by atoms with Gasteiger partial charge in [-0.25, -0.2) is 0 Å². The quantitative estimate of drug-likeness (QED) is 0.270. The normalized spacial score (nSPS) is 16.0. The van der Waals surface area contributed by atoms with Gasteiger partial charge in [0.25, 0.3) is 0 Å². The van der Waals surface area contributed by atoms with Crippen molar-refractivity contribution in [1.82, 2.24) is 0 Å². The average Bonchev–Trinajstić information content (AvgIpc) is 3.00. The van der Waals surface area contributed by atoms with E-state index in [4.69, 9.17) is 9.47 Å². The van der Waals surface area contributed by atoms with E-state index < -0.39 is 0 Å². The summed E-state index contributed by atoms with van der Waals surface area (Å²) in [6, 6.07) is 14.2. The number of ether oxygens (including phenoxy) is 2. The molecule has 0 bridgehead atoms. The van der Waals surface area contributed by atoms with Gasteiger partial charge < -0.3 is 14.7 Å². The summed E-state index contributed by atoms with van der Waals surface area (Å²) in [5.74, 6) is 1.10. The van der Waals surface area contributed by atoms with Gasteiger partial charge >= 0.3 is 0 Å². The van der Waals surface area contributed by atoms with Gasteiger partial charge in [0.2, 0.25) is 5.12 Å². The molecule has 1 heterocycles. The number of methoxy groups -OCH3 is 1. The Bertz CT molecular complexity index is 918. The number of carbonyl (C=O) groups is 2. The largest absolute Gasteiger partial charge is 0.497 e. The highest BCUT2D eigenvalue weighted by Gasteiger charge is 2.25. The lowest BCUT2D eigenvalue weighted by Crippen LogP contribution is -2.13. The number of Topliss-reactive ketones (excluding diaryl/α,β-unsaturated/α-hetero) is 1. The highest BCUT2D eigenvalue weighted by molar-refractivity contribution is 8.18. The Balaban J connectivity index is 1.65. The Labute approximate surface area is 160 Å². The second-order valence-corrected chi connectivity index (χ2v) is 6.82. The second kappa shape index (κ2) is 8.55. The maximum Gasteiger partial charge on any atom is 0.201 e. The summed E-state index contributed by atoms with van der Waals surface area (Å²) in [5.41, 5.74) is 1.86. The van der Waals surface area contributed by atoms with Gasteiger partial charge in [-0.2, -0.15) is 0 Å². The lowest BCUT2D eigenvalue weighted by molar-refractivity contribution is -0.119. The fourth-order valence-electron chi connectivity index (χ4n) is 2.48. The Morgan fingerprint density at radius 1 is 1.19 bits per heavy atom. The Morgan fingerprint density at radius 3 is 2.59 bits per heavy atom. The minimum absolute atomic E-state index is 0.0365. The zero-order valence-electron chi connectivity index (χ0n) is 14.5. The van der Waals surface area contributed by atoms with Crippen LogP contribution < -0.4 is 9.47 Å². The summed E-state index contributed by atoms with van der Waals surface area (Å²) in [4.78, 5) is 23.4. The molecule has 1 aliphatic rings. The van der Waals surface area contributed by atoms with E-state index in [1.165, 1.54) is 0 Å². The second-order valence-electron chi connectivity index (χ2n) is 5.72. The fraction of sp³-hybridized carbons (Fsp3) is 0.150. The molecule has 1 N–H and O–H groups in total. The lowest BCUT2D eigenvalue weighted by atomic mass is 10.1. The van der Waals surface area contributed by atoms with E-state index in [1.54, 1.807) is 61.7 Å². The van der Waals surface area contributed by atoms with Crippen LogP contribution in [0.3, 0.4) is 0 Å². The minimum Gasteiger partial charge on any atom is -0.497 e. The molecule has 0 radical (unpaired) electrons. The van der Waals surface area contributed by atoms with Crippen LogP contribution in [0, 0.1) is 0 Å². The smallest absolute Gasteiger partial charge is 0.201 e. The number of hydrogen-bond acceptors (Lipinski definition) is 7. The van der Waals surface area contributed by atoms with E-state index in [0.717, 1.165) is 17.3 Å². The summed E-state index contributed by atoms with van der Waals surface area (Å²) < 4.78 is 10.8. The molecule has 2 aromatic rings. The number of ketones is 1. The van der Waals surface area contributed by atoms with Crippen LogP contribution in [0.25, 0.3) is 6.08 Å². The molecule has 138 valence electrons. The minimum atomic E-state index is -0.146. The van der Waals surface area contributed by atoms with Crippen LogP contribution in [0.15, 0.2) is 58.6 Å². The Hall–Kier alpha value is -3.06. The van der Waals surface area contributed by atoms with Gasteiger partial charge in [0.15, 0.2) is 5.78 Å². The topological polar surface area (TPSA) is 85.2 Å². The molecule has 0 unspecified atom stereocenters. The van der Waals surface area contributed by atoms with Crippen LogP contribution in [-0.4, -0.2) is 35.5 Å². The van der Waals surface area contributed by atoms with E-state index in [-0.39, 0.29) is 23.9 Å². The predicted octanol–water partition coefficient (Wildman–Crippen LogP) is 3.53. The van der Waals surface area contributed by atoms with E-state index in [0.29, 0.717) is 27.7 Å². The molecular formula is C20H17NO5S. The van der Waals surface area contributed by atoms with Gasteiger partial charge in [0.05, 0.1) is 18.4 Å². The van der Waals surface area contributed by atoms with Crippen LogP contribution in [-0.2, 0) is 9.59 Å². The zero-order chi connectivity index (χ0) is 19.2. The van der Waals surface area contributed by atoms with Gasteiger partial charge in [-0.15, -0.1) is 0 Å². The van der Waals surface area contributed by atoms with Crippen LogP contribution in [0.5, 0.6) is 11.5 Å². The third-order valence-corrected chi connectivity index (χ3v) is 4.82. The first-order valence-electron chi connectivity index (χ1n) is 8.13. The summed E-state index contributed by atoms with van der Waals surface area (Å²) in [6.07, 6.45) is 1.66. The molecule has 0 amide bonds. The van der Waals surface area contributed by atoms with Crippen LogP contribution in [0.2, 0.25) is 0 Å². The summed E-state index contributed by atoms with van der Waals surface area (Å²) in [7, 11) is 1.57. The molecule has 1 aliphatic heterocycles.